The maximum atomic E-state index is 9.16. The van der Waals surface area contributed by atoms with Gasteiger partial charge in [0, 0.05) is 18.7 Å². The number of nitrogens with one attached hydrogen (secondary N) is 1. The third kappa shape index (κ3) is 2.99. The summed E-state index contributed by atoms with van der Waals surface area (Å²) in [6.45, 7) is 3.16. The molecule has 0 bridgehead atoms. The summed E-state index contributed by atoms with van der Waals surface area (Å²) in [5, 5.41) is 12.4. The van der Waals surface area contributed by atoms with E-state index in [1.54, 1.807) is 12.2 Å². The van der Waals surface area contributed by atoms with Crippen molar-refractivity contribution in [3.63, 3.8) is 0 Å². The van der Waals surface area contributed by atoms with Gasteiger partial charge in [-0.05, 0) is 25.0 Å². The summed E-state index contributed by atoms with van der Waals surface area (Å²) in [7, 11) is 0. The minimum Gasteiger partial charge on any atom is -0.508 e. The minimum atomic E-state index is 0.372. The zero-order valence-electron chi connectivity index (χ0n) is 7.51. The van der Waals surface area contributed by atoms with Crippen LogP contribution in [0.1, 0.15) is 26.2 Å². The fourth-order valence-electron chi connectivity index (χ4n) is 1.12. The molecular formula is C10H16NO. The quantitative estimate of drug-likeness (QED) is 0.628. The second-order valence-electron chi connectivity index (χ2n) is 2.95. The highest BCUT2D eigenvalue weighted by molar-refractivity contribution is 5.28. The van der Waals surface area contributed by atoms with E-state index in [1.165, 1.54) is 12.8 Å². The van der Waals surface area contributed by atoms with Crippen LogP contribution >= 0.6 is 0 Å². The first kappa shape index (κ1) is 9.17. The first-order valence-electron chi connectivity index (χ1n) is 4.51. The molecule has 2 heteroatoms. The van der Waals surface area contributed by atoms with E-state index in [-0.39, 0.29) is 0 Å². The maximum absolute atomic E-state index is 9.16. The summed E-state index contributed by atoms with van der Waals surface area (Å²) < 4.78 is 0. The number of allylic oxidation sites excluding steroid dienone is 3. The highest BCUT2D eigenvalue weighted by Crippen LogP contribution is 2.11. The smallest absolute Gasteiger partial charge is 0.113 e. The van der Waals surface area contributed by atoms with Crippen LogP contribution in [0, 0.1) is 6.42 Å². The number of aliphatic hydroxyl groups is 1. The number of hydrogen-bond donors (Lipinski definition) is 2. The minimum absolute atomic E-state index is 0.372. The topological polar surface area (TPSA) is 32.3 Å². The third-order valence-corrected chi connectivity index (χ3v) is 1.83. The molecule has 1 aliphatic carbocycles. The Kier molecular flexibility index (Phi) is 3.71. The van der Waals surface area contributed by atoms with Crippen molar-refractivity contribution in [1.29, 1.82) is 0 Å². The fourth-order valence-corrected chi connectivity index (χ4v) is 1.12. The zero-order chi connectivity index (χ0) is 8.81. The summed E-state index contributed by atoms with van der Waals surface area (Å²) in [6.07, 6.45) is 8.84. The summed E-state index contributed by atoms with van der Waals surface area (Å²) in [6, 6.07) is 0. The van der Waals surface area contributed by atoms with Gasteiger partial charge in [-0.25, -0.2) is 0 Å². The molecular weight excluding hydrogens is 150 g/mol. The molecule has 0 spiro atoms. The molecule has 2 N–H and O–H groups in total. The fraction of sp³-hybridized carbons (Fsp3) is 0.500. The van der Waals surface area contributed by atoms with Gasteiger partial charge in [0.1, 0.15) is 5.76 Å². The molecule has 1 rings (SSSR count). The van der Waals surface area contributed by atoms with Gasteiger partial charge in [0.05, 0.1) is 0 Å². The van der Waals surface area contributed by atoms with E-state index in [2.05, 4.69) is 18.7 Å². The Morgan fingerprint density at radius 3 is 3.08 bits per heavy atom. The Labute approximate surface area is 74.0 Å². The molecule has 0 aromatic carbocycles. The second kappa shape index (κ2) is 4.86. The zero-order valence-corrected chi connectivity index (χ0v) is 7.51. The Morgan fingerprint density at radius 1 is 1.58 bits per heavy atom. The number of unbranched alkanes of at least 4 members (excludes halogenated alkanes) is 1. The molecule has 0 aliphatic heterocycles. The Hall–Kier alpha value is -0.920. The molecule has 1 radical (unpaired) electrons. The molecule has 0 amide bonds. The third-order valence-electron chi connectivity index (χ3n) is 1.83. The van der Waals surface area contributed by atoms with Crippen molar-refractivity contribution in [2.75, 3.05) is 6.54 Å². The molecule has 1 aliphatic rings. The molecule has 0 aromatic rings. The highest BCUT2D eigenvalue weighted by Gasteiger charge is 2.02. The van der Waals surface area contributed by atoms with Crippen molar-refractivity contribution in [3.8, 4) is 0 Å². The second-order valence-corrected chi connectivity index (χ2v) is 2.95. The molecule has 67 valence electrons. The van der Waals surface area contributed by atoms with Gasteiger partial charge >= 0.3 is 0 Å². The van der Waals surface area contributed by atoms with Crippen LogP contribution in [0.15, 0.2) is 23.6 Å². The lowest BCUT2D eigenvalue weighted by Crippen LogP contribution is -2.16. The number of aliphatic hydroxyl groups excluding tert-OH is 1. The van der Waals surface area contributed by atoms with Crippen LogP contribution in [0.4, 0.5) is 0 Å². The van der Waals surface area contributed by atoms with Crippen LogP contribution in [-0.2, 0) is 0 Å². The predicted octanol–water partition coefficient (Wildman–Crippen LogP) is 2.31. The number of hydrogen-bond acceptors (Lipinski definition) is 2. The van der Waals surface area contributed by atoms with Crippen molar-refractivity contribution in [2.45, 2.75) is 26.2 Å². The standard InChI is InChI=1S/C10H16NO/c1-2-3-7-11-9-5-4-6-10(12)8-9/h5-6,8,11-12H,2-4,7H2,1H3. The van der Waals surface area contributed by atoms with Crippen LogP contribution in [-0.4, -0.2) is 11.7 Å². The average molecular weight is 166 g/mol. The summed E-state index contributed by atoms with van der Waals surface area (Å²) in [5.41, 5.74) is 1.04. The Balaban J connectivity index is 2.27. The molecule has 0 fully saturated rings. The van der Waals surface area contributed by atoms with Crippen molar-refractivity contribution in [2.24, 2.45) is 0 Å². The van der Waals surface area contributed by atoms with E-state index in [1.807, 2.05) is 0 Å². The predicted molar refractivity (Wildman–Crippen MR) is 50.6 cm³/mol. The van der Waals surface area contributed by atoms with E-state index in [0.717, 1.165) is 18.7 Å². The van der Waals surface area contributed by atoms with Gasteiger partial charge in [0.15, 0.2) is 0 Å². The Morgan fingerprint density at radius 2 is 2.42 bits per heavy atom. The van der Waals surface area contributed by atoms with Crippen molar-refractivity contribution < 1.29 is 5.11 Å². The summed E-state index contributed by atoms with van der Waals surface area (Å²) in [5.74, 6) is 0.372. The molecule has 0 unspecified atom stereocenters. The average Bonchev–Trinajstić information content (AvgIpc) is 2.05. The van der Waals surface area contributed by atoms with Gasteiger partial charge in [-0.3, -0.25) is 0 Å². The molecule has 0 saturated carbocycles. The van der Waals surface area contributed by atoms with Crippen LogP contribution in [0.2, 0.25) is 0 Å². The van der Waals surface area contributed by atoms with Crippen LogP contribution in [0.3, 0.4) is 0 Å². The molecule has 12 heavy (non-hydrogen) atoms. The van der Waals surface area contributed by atoms with E-state index < -0.39 is 0 Å². The lowest BCUT2D eigenvalue weighted by atomic mass is 10.1. The van der Waals surface area contributed by atoms with Gasteiger partial charge in [-0.1, -0.05) is 13.3 Å². The van der Waals surface area contributed by atoms with E-state index in [4.69, 9.17) is 5.11 Å². The van der Waals surface area contributed by atoms with Crippen molar-refractivity contribution in [3.05, 3.63) is 30.0 Å². The maximum Gasteiger partial charge on any atom is 0.113 e. The van der Waals surface area contributed by atoms with Crippen LogP contribution in [0.25, 0.3) is 0 Å². The monoisotopic (exact) mass is 166 g/mol. The molecule has 0 saturated heterocycles. The molecule has 0 aromatic heterocycles. The number of rotatable bonds is 4. The summed E-state index contributed by atoms with van der Waals surface area (Å²) >= 11 is 0. The van der Waals surface area contributed by atoms with Gasteiger partial charge < -0.3 is 10.4 Å². The summed E-state index contributed by atoms with van der Waals surface area (Å²) in [4.78, 5) is 0. The van der Waals surface area contributed by atoms with Gasteiger partial charge in [-0.2, -0.15) is 0 Å². The van der Waals surface area contributed by atoms with Gasteiger partial charge in [0.2, 0.25) is 0 Å². The first-order valence-corrected chi connectivity index (χ1v) is 4.51. The van der Waals surface area contributed by atoms with Gasteiger partial charge in [0.25, 0.3) is 0 Å². The SMILES string of the molecule is CCCCNC1=CC(O)=CC[CH]1. The molecule has 0 heterocycles. The Bertz CT molecular complexity index is 194. The van der Waals surface area contributed by atoms with Gasteiger partial charge in [-0.15, -0.1) is 0 Å². The molecule has 0 atom stereocenters. The first-order chi connectivity index (χ1) is 5.83. The van der Waals surface area contributed by atoms with E-state index in [0.29, 0.717) is 5.76 Å². The van der Waals surface area contributed by atoms with Crippen LogP contribution in [0.5, 0.6) is 0 Å². The largest absolute Gasteiger partial charge is 0.508 e. The van der Waals surface area contributed by atoms with Crippen LogP contribution < -0.4 is 5.32 Å². The van der Waals surface area contributed by atoms with Crippen molar-refractivity contribution >= 4 is 0 Å². The normalized spacial score (nSPS) is 16.8. The van der Waals surface area contributed by atoms with Crippen molar-refractivity contribution in [1.82, 2.24) is 5.32 Å². The molecule has 2 nitrogen and oxygen atoms in total. The lowest BCUT2D eigenvalue weighted by Gasteiger charge is -2.12. The highest BCUT2D eigenvalue weighted by atomic mass is 16.3. The lowest BCUT2D eigenvalue weighted by molar-refractivity contribution is 0.426. The van der Waals surface area contributed by atoms with E-state index >= 15 is 0 Å². The van der Waals surface area contributed by atoms with E-state index in [9.17, 15) is 0 Å².